The number of carbonyl (C=O) groups excluding carboxylic acids is 2. The molecule has 0 spiro atoms. The molecule has 0 saturated carbocycles. The summed E-state index contributed by atoms with van der Waals surface area (Å²) in [5.74, 6) is -0.844. The molecule has 0 N–H and O–H groups in total. The molecule has 2 rings (SSSR count). The van der Waals surface area contributed by atoms with Crippen LogP contribution in [0.1, 0.15) is 36.5 Å². The van der Waals surface area contributed by atoms with E-state index < -0.39 is 11.9 Å². The third kappa shape index (κ3) is 3.63. The second-order valence-corrected chi connectivity index (χ2v) is 5.77. The fraction of sp³-hybridized carbons (Fsp3) is 0.529. The van der Waals surface area contributed by atoms with Crippen LogP contribution in [0.5, 0.6) is 5.75 Å². The number of hydrogen-bond acceptors (Lipinski definition) is 3. The van der Waals surface area contributed by atoms with E-state index in [1.54, 1.807) is 16.8 Å². The molecular formula is C17H23FN2O3. The van der Waals surface area contributed by atoms with E-state index in [4.69, 9.17) is 4.74 Å². The highest BCUT2D eigenvalue weighted by Crippen LogP contribution is 2.22. The Morgan fingerprint density at radius 2 is 2.13 bits per heavy atom. The lowest BCUT2D eigenvalue weighted by Crippen LogP contribution is -2.57. The predicted molar refractivity (Wildman–Crippen MR) is 84.9 cm³/mol. The number of nitrogens with zero attached hydrogens (tertiary/aromatic N) is 2. The molecule has 5 nitrogen and oxygen atoms in total. The quantitative estimate of drug-likeness (QED) is 0.836. The van der Waals surface area contributed by atoms with Gasteiger partial charge in [0, 0.05) is 25.7 Å². The second-order valence-electron chi connectivity index (χ2n) is 5.77. The summed E-state index contributed by atoms with van der Waals surface area (Å²) in [4.78, 5) is 28.3. The van der Waals surface area contributed by atoms with Crippen molar-refractivity contribution in [2.24, 2.45) is 0 Å². The molecule has 0 bridgehead atoms. The molecular weight excluding hydrogens is 299 g/mol. The molecule has 1 fully saturated rings. The van der Waals surface area contributed by atoms with Crippen LogP contribution >= 0.6 is 0 Å². The van der Waals surface area contributed by atoms with Crippen LogP contribution in [0, 0.1) is 5.82 Å². The van der Waals surface area contributed by atoms with Crippen LogP contribution in [0.3, 0.4) is 0 Å². The van der Waals surface area contributed by atoms with E-state index in [1.165, 1.54) is 25.3 Å². The van der Waals surface area contributed by atoms with Crippen molar-refractivity contribution >= 4 is 11.8 Å². The number of rotatable bonds is 5. The molecule has 2 amide bonds. The number of hydrogen-bond donors (Lipinski definition) is 0. The summed E-state index contributed by atoms with van der Waals surface area (Å²) in [6.07, 6.45) is 2.45. The summed E-state index contributed by atoms with van der Waals surface area (Å²) in [6.45, 7) is 3.00. The van der Waals surface area contributed by atoms with Crippen molar-refractivity contribution < 1.29 is 18.7 Å². The van der Waals surface area contributed by atoms with Gasteiger partial charge in [0.1, 0.15) is 6.04 Å². The molecule has 1 aromatic rings. The van der Waals surface area contributed by atoms with Crippen LogP contribution in [0.25, 0.3) is 0 Å². The number of unbranched alkanes of at least 4 members (excludes halogenated alkanes) is 1. The van der Waals surface area contributed by atoms with Crippen molar-refractivity contribution in [3.63, 3.8) is 0 Å². The van der Waals surface area contributed by atoms with Gasteiger partial charge in [-0.1, -0.05) is 19.8 Å². The van der Waals surface area contributed by atoms with Crippen LogP contribution in [0.4, 0.5) is 4.39 Å². The lowest BCUT2D eigenvalue weighted by Gasteiger charge is -2.39. The van der Waals surface area contributed by atoms with Gasteiger partial charge in [0.25, 0.3) is 5.91 Å². The summed E-state index contributed by atoms with van der Waals surface area (Å²) < 4.78 is 18.7. The topological polar surface area (TPSA) is 49.9 Å². The van der Waals surface area contributed by atoms with E-state index in [2.05, 4.69) is 0 Å². The zero-order valence-electron chi connectivity index (χ0n) is 13.8. The van der Waals surface area contributed by atoms with E-state index in [9.17, 15) is 14.0 Å². The first kappa shape index (κ1) is 17.2. The minimum absolute atomic E-state index is 0.0490. The third-order valence-corrected chi connectivity index (χ3v) is 4.20. The van der Waals surface area contributed by atoms with Crippen LogP contribution in [-0.4, -0.2) is 54.9 Å². The number of piperazine rings is 1. The first-order chi connectivity index (χ1) is 11.0. The molecule has 126 valence electrons. The van der Waals surface area contributed by atoms with Crippen molar-refractivity contribution in [3.8, 4) is 5.75 Å². The molecule has 1 unspecified atom stereocenters. The lowest BCUT2D eigenvalue weighted by molar-refractivity contribution is -0.138. The smallest absolute Gasteiger partial charge is 0.254 e. The Hall–Kier alpha value is -2.11. The van der Waals surface area contributed by atoms with Gasteiger partial charge in [0.2, 0.25) is 5.91 Å². The highest BCUT2D eigenvalue weighted by Gasteiger charge is 2.35. The molecule has 6 heteroatoms. The predicted octanol–water partition coefficient (Wildman–Crippen LogP) is 2.31. The highest BCUT2D eigenvalue weighted by atomic mass is 19.1. The van der Waals surface area contributed by atoms with Crippen molar-refractivity contribution in [1.82, 2.24) is 9.80 Å². The van der Waals surface area contributed by atoms with Crippen molar-refractivity contribution in [2.45, 2.75) is 32.2 Å². The van der Waals surface area contributed by atoms with Gasteiger partial charge >= 0.3 is 0 Å². The summed E-state index contributed by atoms with van der Waals surface area (Å²) in [6, 6.07) is 3.66. The van der Waals surface area contributed by atoms with Crippen molar-refractivity contribution in [2.75, 3.05) is 27.2 Å². The summed E-state index contributed by atoms with van der Waals surface area (Å²) >= 11 is 0. The largest absolute Gasteiger partial charge is 0.494 e. The van der Waals surface area contributed by atoms with Crippen molar-refractivity contribution in [1.29, 1.82) is 0 Å². The molecule has 1 atom stereocenters. The summed E-state index contributed by atoms with van der Waals surface area (Å²) in [5.41, 5.74) is 0.238. The molecule has 1 saturated heterocycles. The second kappa shape index (κ2) is 7.44. The Labute approximate surface area is 136 Å². The first-order valence-corrected chi connectivity index (χ1v) is 7.89. The van der Waals surface area contributed by atoms with Gasteiger partial charge in [0.15, 0.2) is 11.6 Å². The van der Waals surface area contributed by atoms with Gasteiger partial charge < -0.3 is 14.5 Å². The number of halogens is 1. The Bertz CT molecular complexity index is 591. The highest BCUT2D eigenvalue weighted by molar-refractivity contribution is 5.98. The van der Waals surface area contributed by atoms with E-state index in [1.807, 2.05) is 6.92 Å². The number of ether oxygens (including phenoxy) is 1. The standard InChI is InChI=1S/C17H23FN2O3/c1-4-5-6-14-17(22)19(2)9-10-20(14)16(21)12-7-8-15(23-3)13(18)11-12/h7-8,11,14H,4-6,9-10H2,1-3H3. The maximum atomic E-state index is 13.8. The average Bonchev–Trinajstić information content (AvgIpc) is 2.55. The minimum atomic E-state index is -0.580. The molecule has 1 heterocycles. The average molecular weight is 322 g/mol. The SMILES string of the molecule is CCCCC1C(=O)N(C)CCN1C(=O)c1ccc(OC)c(F)c1. The number of likely N-dealkylation sites (N-methyl/N-ethyl adjacent to an activating group) is 1. The maximum absolute atomic E-state index is 13.8. The monoisotopic (exact) mass is 322 g/mol. The molecule has 23 heavy (non-hydrogen) atoms. The fourth-order valence-corrected chi connectivity index (χ4v) is 2.80. The Kier molecular flexibility index (Phi) is 5.58. The summed E-state index contributed by atoms with van der Waals surface area (Å²) in [5, 5.41) is 0. The van der Waals surface area contributed by atoms with E-state index in [-0.39, 0.29) is 23.1 Å². The van der Waals surface area contributed by atoms with Gasteiger partial charge in [-0.2, -0.15) is 0 Å². The van der Waals surface area contributed by atoms with E-state index >= 15 is 0 Å². The number of methoxy groups -OCH3 is 1. The number of benzene rings is 1. The normalized spacial score (nSPS) is 18.3. The molecule has 1 aliphatic heterocycles. The third-order valence-electron chi connectivity index (χ3n) is 4.20. The van der Waals surface area contributed by atoms with Gasteiger partial charge in [-0.15, -0.1) is 0 Å². The fourth-order valence-electron chi connectivity index (χ4n) is 2.80. The van der Waals surface area contributed by atoms with Crippen molar-refractivity contribution in [3.05, 3.63) is 29.6 Å². The number of amides is 2. The Balaban J connectivity index is 2.24. The molecule has 0 aliphatic carbocycles. The Morgan fingerprint density at radius 3 is 2.74 bits per heavy atom. The zero-order chi connectivity index (χ0) is 17.0. The van der Waals surface area contributed by atoms with Crippen LogP contribution in [0.15, 0.2) is 18.2 Å². The molecule has 1 aromatic carbocycles. The molecule has 1 aliphatic rings. The molecule has 0 radical (unpaired) electrons. The minimum Gasteiger partial charge on any atom is -0.494 e. The maximum Gasteiger partial charge on any atom is 0.254 e. The first-order valence-electron chi connectivity index (χ1n) is 7.89. The van der Waals surface area contributed by atoms with E-state index in [0.29, 0.717) is 19.5 Å². The van der Waals surface area contributed by atoms with E-state index in [0.717, 1.165) is 12.8 Å². The zero-order valence-corrected chi connectivity index (χ0v) is 13.8. The Morgan fingerprint density at radius 1 is 1.39 bits per heavy atom. The van der Waals surface area contributed by atoms with Crippen LogP contribution < -0.4 is 4.74 Å². The lowest BCUT2D eigenvalue weighted by atomic mass is 10.0. The van der Waals surface area contributed by atoms with Gasteiger partial charge in [0.05, 0.1) is 7.11 Å². The molecule has 0 aromatic heterocycles. The van der Waals surface area contributed by atoms with Crippen LogP contribution in [-0.2, 0) is 4.79 Å². The van der Waals surface area contributed by atoms with Gasteiger partial charge in [-0.25, -0.2) is 4.39 Å². The number of carbonyl (C=O) groups is 2. The van der Waals surface area contributed by atoms with Gasteiger partial charge in [-0.3, -0.25) is 9.59 Å². The summed E-state index contributed by atoms with van der Waals surface area (Å²) in [7, 11) is 3.12. The van der Waals surface area contributed by atoms with Crippen LogP contribution in [0.2, 0.25) is 0 Å². The van der Waals surface area contributed by atoms with Gasteiger partial charge in [-0.05, 0) is 24.6 Å².